The molecular weight excluding hydrogens is 410 g/mol. The molecule has 1 fully saturated rings. The zero-order valence-electron chi connectivity index (χ0n) is 18.5. The van der Waals surface area contributed by atoms with E-state index < -0.39 is 23.9 Å². The van der Waals surface area contributed by atoms with E-state index in [0.29, 0.717) is 37.7 Å². The van der Waals surface area contributed by atoms with E-state index in [1.807, 2.05) is 13.0 Å². The summed E-state index contributed by atoms with van der Waals surface area (Å²) in [7, 11) is 0. The largest absolute Gasteiger partial charge is 0.508 e. The molecule has 32 heavy (non-hydrogen) atoms. The minimum atomic E-state index is -0.680. The molecule has 7 nitrogen and oxygen atoms in total. The summed E-state index contributed by atoms with van der Waals surface area (Å²) in [5, 5.41) is 22.9. The lowest BCUT2D eigenvalue weighted by atomic mass is 9.91. The molecule has 3 N–H and O–H groups in total. The van der Waals surface area contributed by atoms with Crippen molar-refractivity contribution in [2.75, 3.05) is 0 Å². The number of amides is 1. The highest BCUT2D eigenvalue weighted by Gasteiger charge is 2.34. The zero-order valence-corrected chi connectivity index (χ0v) is 18.5. The van der Waals surface area contributed by atoms with E-state index in [0.717, 1.165) is 6.42 Å². The molecule has 1 saturated heterocycles. The van der Waals surface area contributed by atoms with E-state index in [-0.39, 0.29) is 23.7 Å². The Balaban J connectivity index is 2.13. The third-order valence-electron chi connectivity index (χ3n) is 5.24. The number of rotatable bonds is 8. The number of cyclic esters (lactones) is 1. The van der Waals surface area contributed by atoms with Gasteiger partial charge in [0.2, 0.25) is 5.91 Å². The van der Waals surface area contributed by atoms with Crippen molar-refractivity contribution >= 4 is 11.9 Å². The molecule has 2 heterocycles. The highest BCUT2D eigenvalue weighted by Crippen LogP contribution is 2.31. The van der Waals surface area contributed by atoms with Crippen LogP contribution in [0.25, 0.3) is 0 Å². The van der Waals surface area contributed by atoms with Gasteiger partial charge in [-0.1, -0.05) is 50.5 Å². The van der Waals surface area contributed by atoms with Crippen molar-refractivity contribution < 1.29 is 29.3 Å². The number of allylic oxidation sites excluding steroid dienone is 4. The fourth-order valence-electron chi connectivity index (χ4n) is 3.80. The van der Waals surface area contributed by atoms with Crippen molar-refractivity contribution in [3.05, 3.63) is 72.7 Å². The van der Waals surface area contributed by atoms with Gasteiger partial charge in [-0.25, -0.2) is 4.79 Å². The number of carbonyl (C=O) groups excluding carboxylic acids is 2. The van der Waals surface area contributed by atoms with Crippen LogP contribution in [-0.4, -0.2) is 46.5 Å². The van der Waals surface area contributed by atoms with Crippen LogP contribution in [0.2, 0.25) is 0 Å². The van der Waals surface area contributed by atoms with Crippen molar-refractivity contribution in [3.63, 3.8) is 0 Å². The SMILES string of the molecule is C=C/C1=C(\C(=C)O)C(=O)OC(C/C=C/NC(=O)/C=C\C=C/CC)CC2CC(O)CC(C1)O2. The number of carbonyl (C=O) groups is 2. The number of hydrogen-bond donors (Lipinski definition) is 3. The van der Waals surface area contributed by atoms with E-state index in [1.165, 1.54) is 18.4 Å². The number of nitrogens with one attached hydrogen (secondary N) is 1. The Morgan fingerprint density at radius 1 is 1.22 bits per heavy atom. The van der Waals surface area contributed by atoms with Crippen LogP contribution in [-0.2, 0) is 19.1 Å². The van der Waals surface area contributed by atoms with Crippen molar-refractivity contribution in [1.82, 2.24) is 5.32 Å². The smallest absolute Gasteiger partial charge is 0.342 e. The van der Waals surface area contributed by atoms with Crippen LogP contribution in [0, 0.1) is 0 Å². The maximum atomic E-state index is 12.8. The lowest BCUT2D eigenvalue weighted by molar-refractivity contribution is -0.151. The van der Waals surface area contributed by atoms with E-state index >= 15 is 0 Å². The molecule has 0 aliphatic carbocycles. The molecule has 2 bridgehead atoms. The fraction of sp³-hybridized carbons (Fsp3) is 0.440. The van der Waals surface area contributed by atoms with Gasteiger partial charge < -0.3 is 25.0 Å². The molecule has 4 atom stereocenters. The molecule has 0 spiro atoms. The topological polar surface area (TPSA) is 105 Å². The molecule has 1 amide bonds. The quantitative estimate of drug-likeness (QED) is 0.229. The van der Waals surface area contributed by atoms with Gasteiger partial charge in [-0.2, -0.15) is 0 Å². The normalized spacial score (nSPS) is 29.2. The predicted molar refractivity (Wildman–Crippen MR) is 122 cm³/mol. The number of aliphatic hydroxyl groups is 2. The second kappa shape index (κ2) is 12.8. The molecule has 4 unspecified atom stereocenters. The number of ether oxygens (including phenoxy) is 2. The van der Waals surface area contributed by atoms with Crippen LogP contribution < -0.4 is 5.32 Å². The van der Waals surface area contributed by atoms with Crippen molar-refractivity contribution in [2.24, 2.45) is 0 Å². The minimum absolute atomic E-state index is 0.0327. The maximum absolute atomic E-state index is 12.8. The van der Waals surface area contributed by atoms with Gasteiger partial charge in [-0.15, -0.1) is 0 Å². The van der Waals surface area contributed by atoms with Gasteiger partial charge in [0.25, 0.3) is 0 Å². The molecule has 7 heteroatoms. The molecular formula is C25H33NO6. The van der Waals surface area contributed by atoms with Gasteiger partial charge in [0.1, 0.15) is 17.4 Å². The van der Waals surface area contributed by atoms with Gasteiger partial charge >= 0.3 is 5.97 Å². The average Bonchev–Trinajstić information content (AvgIpc) is 2.72. The lowest BCUT2D eigenvalue weighted by Crippen LogP contribution is -2.39. The molecule has 0 radical (unpaired) electrons. The van der Waals surface area contributed by atoms with Crippen LogP contribution >= 0.6 is 0 Å². The van der Waals surface area contributed by atoms with Crippen LogP contribution in [0.3, 0.4) is 0 Å². The van der Waals surface area contributed by atoms with Gasteiger partial charge in [0.05, 0.1) is 18.3 Å². The molecule has 0 aromatic carbocycles. The first kappa shape index (κ1) is 25.4. The average molecular weight is 444 g/mol. The van der Waals surface area contributed by atoms with Crippen LogP contribution in [0.15, 0.2) is 72.7 Å². The first-order valence-corrected chi connectivity index (χ1v) is 10.9. The summed E-state index contributed by atoms with van der Waals surface area (Å²) >= 11 is 0. The second-order valence-corrected chi connectivity index (χ2v) is 7.87. The number of hydrogen-bond acceptors (Lipinski definition) is 6. The highest BCUT2D eigenvalue weighted by atomic mass is 16.5. The van der Waals surface area contributed by atoms with Gasteiger partial charge in [0, 0.05) is 25.1 Å². The van der Waals surface area contributed by atoms with E-state index in [9.17, 15) is 19.8 Å². The Morgan fingerprint density at radius 3 is 2.66 bits per heavy atom. The summed E-state index contributed by atoms with van der Waals surface area (Å²) in [6.45, 7) is 9.23. The Bertz CT molecular complexity index is 822. The molecule has 0 aromatic heterocycles. The maximum Gasteiger partial charge on any atom is 0.342 e. The predicted octanol–water partition coefficient (Wildman–Crippen LogP) is 3.70. The molecule has 2 rings (SSSR count). The van der Waals surface area contributed by atoms with E-state index in [1.54, 1.807) is 18.2 Å². The minimum Gasteiger partial charge on any atom is -0.508 e. The molecule has 0 saturated carbocycles. The number of esters is 1. The Morgan fingerprint density at radius 2 is 1.97 bits per heavy atom. The second-order valence-electron chi connectivity index (χ2n) is 7.87. The standard InChI is InChI=1S/C25H33NO6/c1-4-6-7-8-11-23(29)26-12-9-10-20-16-22-15-19(28)14-21(31-22)13-18(5-2)24(17(3)27)25(30)32-20/h5-9,11-12,19-22,27-28H,2-4,10,13-16H2,1H3,(H,26,29)/b7-6-,11-8-,12-9+,24-18-. The molecule has 174 valence electrons. The Hall–Kier alpha value is -2.90. The summed E-state index contributed by atoms with van der Waals surface area (Å²) in [6, 6.07) is 0. The van der Waals surface area contributed by atoms with Crippen molar-refractivity contribution in [1.29, 1.82) is 0 Å². The first-order valence-electron chi connectivity index (χ1n) is 10.9. The molecule has 0 aromatic rings. The highest BCUT2D eigenvalue weighted by molar-refractivity contribution is 5.94. The van der Waals surface area contributed by atoms with Crippen LogP contribution in [0.1, 0.15) is 45.4 Å². The number of aliphatic hydroxyl groups excluding tert-OH is 2. The van der Waals surface area contributed by atoms with E-state index in [2.05, 4.69) is 18.5 Å². The third-order valence-corrected chi connectivity index (χ3v) is 5.24. The van der Waals surface area contributed by atoms with Crippen LogP contribution in [0.5, 0.6) is 0 Å². The summed E-state index contributed by atoms with van der Waals surface area (Å²) in [5.41, 5.74) is 0.433. The van der Waals surface area contributed by atoms with Crippen molar-refractivity contribution in [3.8, 4) is 0 Å². The van der Waals surface area contributed by atoms with E-state index in [4.69, 9.17) is 9.47 Å². The fourth-order valence-corrected chi connectivity index (χ4v) is 3.80. The first-order chi connectivity index (χ1) is 15.3. The van der Waals surface area contributed by atoms with Gasteiger partial charge in [0.15, 0.2) is 0 Å². The molecule has 2 aliphatic rings. The van der Waals surface area contributed by atoms with Crippen molar-refractivity contribution in [2.45, 2.75) is 69.9 Å². The summed E-state index contributed by atoms with van der Waals surface area (Å²) in [6.07, 6.45) is 12.6. The molecule has 2 aliphatic heterocycles. The summed E-state index contributed by atoms with van der Waals surface area (Å²) < 4.78 is 11.8. The lowest BCUT2D eigenvalue weighted by Gasteiger charge is -2.36. The zero-order chi connectivity index (χ0) is 23.5. The van der Waals surface area contributed by atoms with Gasteiger partial charge in [-0.3, -0.25) is 4.79 Å². The number of fused-ring (bicyclic) bond motifs is 2. The third kappa shape index (κ3) is 7.98. The monoisotopic (exact) mass is 443 g/mol. The Labute approximate surface area is 189 Å². The van der Waals surface area contributed by atoms with Crippen LogP contribution in [0.4, 0.5) is 0 Å². The summed E-state index contributed by atoms with van der Waals surface area (Å²) in [4.78, 5) is 24.6. The van der Waals surface area contributed by atoms with Gasteiger partial charge in [-0.05, 0) is 31.3 Å². The summed E-state index contributed by atoms with van der Waals surface area (Å²) in [5.74, 6) is -1.35. The Kier molecular flexibility index (Phi) is 10.2.